The standard InChI is InChI=1S/C21H21FN4O4S/c1-29-19-9-8-17(26(27)28)11-15(19)13-31-21-24-23-20(14-4-6-16(22)7-5-14)25(21)12-18-3-2-10-30-18/h4-9,11,18H,2-3,10,12-13H2,1H3. The number of benzene rings is 2. The second-order valence-electron chi connectivity index (χ2n) is 7.10. The fraction of sp³-hybridized carbons (Fsp3) is 0.333. The number of thioether (sulfide) groups is 1. The molecule has 0 N–H and O–H groups in total. The van der Waals surface area contributed by atoms with Crippen molar-refractivity contribution in [1.82, 2.24) is 14.8 Å². The number of halogens is 1. The van der Waals surface area contributed by atoms with Crippen molar-refractivity contribution in [3.8, 4) is 17.1 Å². The Labute approximate surface area is 182 Å². The molecular formula is C21H21FN4O4S. The second kappa shape index (κ2) is 9.44. The summed E-state index contributed by atoms with van der Waals surface area (Å²) in [6.45, 7) is 1.31. The SMILES string of the molecule is COc1ccc([N+](=O)[O-])cc1CSc1nnc(-c2ccc(F)cc2)n1CC1CCCO1. The molecule has 2 heterocycles. The number of aromatic nitrogens is 3. The van der Waals surface area contributed by atoms with Gasteiger partial charge in [-0.1, -0.05) is 11.8 Å². The lowest BCUT2D eigenvalue weighted by molar-refractivity contribution is -0.384. The van der Waals surface area contributed by atoms with Crippen molar-refractivity contribution in [2.24, 2.45) is 0 Å². The van der Waals surface area contributed by atoms with Crippen LogP contribution in [-0.2, 0) is 17.0 Å². The molecule has 0 radical (unpaired) electrons. The summed E-state index contributed by atoms with van der Waals surface area (Å²) >= 11 is 1.41. The summed E-state index contributed by atoms with van der Waals surface area (Å²) in [4.78, 5) is 10.7. The lowest BCUT2D eigenvalue weighted by Crippen LogP contribution is -2.16. The van der Waals surface area contributed by atoms with Crippen LogP contribution >= 0.6 is 11.8 Å². The zero-order valence-electron chi connectivity index (χ0n) is 16.9. The Hall–Kier alpha value is -2.98. The number of rotatable bonds is 8. The van der Waals surface area contributed by atoms with Crippen LogP contribution in [0.2, 0.25) is 0 Å². The summed E-state index contributed by atoms with van der Waals surface area (Å²) in [7, 11) is 1.53. The van der Waals surface area contributed by atoms with Gasteiger partial charge in [-0.2, -0.15) is 0 Å². The van der Waals surface area contributed by atoms with E-state index in [0.717, 1.165) is 25.0 Å². The third-order valence-corrected chi connectivity index (χ3v) is 6.08. The fourth-order valence-electron chi connectivity index (χ4n) is 3.50. The van der Waals surface area contributed by atoms with Crippen LogP contribution < -0.4 is 4.74 Å². The number of nitro benzene ring substituents is 1. The lowest BCUT2D eigenvalue weighted by Gasteiger charge is -2.15. The quantitative estimate of drug-likeness (QED) is 0.287. The minimum atomic E-state index is -0.430. The van der Waals surface area contributed by atoms with Gasteiger partial charge in [0.1, 0.15) is 11.6 Å². The summed E-state index contributed by atoms with van der Waals surface area (Å²) in [6.07, 6.45) is 2.01. The van der Waals surface area contributed by atoms with Crippen molar-refractivity contribution in [3.63, 3.8) is 0 Å². The van der Waals surface area contributed by atoms with Crippen LogP contribution in [0.25, 0.3) is 11.4 Å². The first-order valence-electron chi connectivity index (χ1n) is 9.80. The highest BCUT2D eigenvalue weighted by molar-refractivity contribution is 7.98. The molecule has 1 aromatic heterocycles. The molecule has 10 heteroatoms. The van der Waals surface area contributed by atoms with Gasteiger partial charge in [0.2, 0.25) is 0 Å². The van der Waals surface area contributed by atoms with Crippen LogP contribution in [-0.4, -0.2) is 39.5 Å². The van der Waals surface area contributed by atoms with Gasteiger partial charge in [-0.05, 0) is 43.2 Å². The summed E-state index contributed by atoms with van der Waals surface area (Å²) < 4.78 is 26.5. The minimum Gasteiger partial charge on any atom is -0.496 e. The fourth-order valence-corrected chi connectivity index (χ4v) is 4.42. The number of non-ortho nitro benzene ring substituents is 1. The zero-order valence-corrected chi connectivity index (χ0v) is 17.7. The van der Waals surface area contributed by atoms with Crippen LogP contribution in [0.15, 0.2) is 47.6 Å². The van der Waals surface area contributed by atoms with Crippen molar-refractivity contribution >= 4 is 17.4 Å². The monoisotopic (exact) mass is 444 g/mol. The third-order valence-electron chi connectivity index (χ3n) is 5.06. The number of methoxy groups -OCH3 is 1. The molecule has 1 fully saturated rings. The van der Waals surface area contributed by atoms with Crippen LogP contribution in [0.3, 0.4) is 0 Å². The molecule has 1 unspecified atom stereocenters. The molecule has 1 aliphatic heterocycles. The summed E-state index contributed by atoms with van der Waals surface area (Å²) in [5.74, 6) is 1.30. The van der Waals surface area contributed by atoms with Gasteiger partial charge in [0, 0.05) is 35.6 Å². The van der Waals surface area contributed by atoms with Gasteiger partial charge in [-0.25, -0.2) is 4.39 Å². The smallest absolute Gasteiger partial charge is 0.270 e. The predicted octanol–water partition coefficient (Wildman–Crippen LogP) is 4.47. The topological polar surface area (TPSA) is 92.3 Å². The molecule has 8 nitrogen and oxygen atoms in total. The molecule has 1 atom stereocenters. The van der Waals surface area contributed by atoms with Gasteiger partial charge in [-0.3, -0.25) is 14.7 Å². The summed E-state index contributed by atoms with van der Waals surface area (Å²) in [5, 5.41) is 20.5. The van der Waals surface area contributed by atoms with E-state index in [-0.39, 0.29) is 17.6 Å². The summed E-state index contributed by atoms with van der Waals surface area (Å²) in [6, 6.07) is 10.6. The molecule has 31 heavy (non-hydrogen) atoms. The average molecular weight is 444 g/mol. The minimum absolute atomic E-state index is 0.00391. The Morgan fingerprint density at radius 2 is 2.10 bits per heavy atom. The van der Waals surface area contributed by atoms with Crippen molar-refractivity contribution < 1.29 is 18.8 Å². The normalized spacial score (nSPS) is 15.9. The number of ether oxygens (including phenoxy) is 2. The molecule has 2 aromatic carbocycles. The van der Waals surface area contributed by atoms with E-state index in [9.17, 15) is 14.5 Å². The highest BCUT2D eigenvalue weighted by atomic mass is 32.2. The molecule has 1 aliphatic rings. The average Bonchev–Trinajstić information content (AvgIpc) is 3.43. The Morgan fingerprint density at radius 1 is 1.29 bits per heavy atom. The number of nitrogens with zero attached hydrogens (tertiary/aromatic N) is 4. The Morgan fingerprint density at radius 3 is 2.77 bits per heavy atom. The van der Waals surface area contributed by atoms with E-state index in [0.29, 0.717) is 34.6 Å². The van der Waals surface area contributed by atoms with Gasteiger partial charge in [0.15, 0.2) is 11.0 Å². The summed E-state index contributed by atoms with van der Waals surface area (Å²) in [5.41, 5.74) is 1.45. The maximum atomic E-state index is 13.4. The molecule has 0 bridgehead atoms. The van der Waals surface area contributed by atoms with Crippen LogP contribution in [0.5, 0.6) is 5.75 Å². The molecular weight excluding hydrogens is 423 g/mol. The molecule has 162 valence electrons. The number of hydrogen-bond donors (Lipinski definition) is 0. The molecule has 0 aliphatic carbocycles. The van der Waals surface area contributed by atoms with E-state index in [1.54, 1.807) is 18.2 Å². The van der Waals surface area contributed by atoms with E-state index in [4.69, 9.17) is 9.47 Å². The van der Waals surface area contributed by atoms with Gasteiger partial charge >= 0.3 is 0 Å². The van der Waals surface area contributed by atoms with Crippen molar-refractivity contribution in [2.75, 3.05) is 13.7 Å². The van der Waals surface area contributed by atoms with Gasteiger partial charge < -0.3 is 9.47 Å². The maximum absolute atomic E-state index is 13.4. The van der Waals surface area contributed by atoms with Gasteiger partial charge in [0.05, 0.1) is 24.7 Å². The third kappa shape index (κ3) is 4.86. The van der Waals surface area contributed by atoms with Crippen LogP contribution in [0, 0.1) is 15.9 Å². The van der Waals surface area contributed by atoms with E-state index < -0.39 is 4.92 Å². The molecule has 0 saturated carbocycles. The Kier molecular flexibility index (Phi) is 6.47. The second-order valence-corrected chi connectivity index (χ2v) is 8.04. The molecule has 4 rings (SSSR count). The zero-order chi connectivity index (χ0) is 21.8. The number of nitro groups is 1. The van der Waals surface area contributed by atoms with Gasteiger partial charge in [-0.15, -0.1) is 10.2 Å². The maximum Gasteiger partial charge on any atom is 0.270 e. The predicted molar refractivity (Wildman–Crippen MR) is 114 cm³/mol. The van der Waals surface area contributed by atoms with Crippen LogP contribution in [0.1, 0.15) is 18.4 Å². The highest BCUT2D eigenvalue weighted by Crippen LogP contribution is 2.32. The van der Waals surface area contributed by atoms with E-state index in [1.165, 1.54) is 43.1 Å². The Balaban J connectivity index is 1.62. The number of hydrogen-bond acceptors (Lipinski definition) is 7. The van der Waals surface area contributed by atoms with Gasteiger partial charge in [0.25, 0.3) is 5.69 Å². The van der Waals surface area contributed by atoms with Crippen LogP contribution in [0.4, 0.5) is 10.1 Å². The largest absolute Gasteiger partial charge is 0.496 e. The first kappa shape index (κ1) is 21.3. The van der Waals surface area contributed by atoms with E-state index in [2.05, 4.69) is 10.2 Å². The highest BCUT2D eigenvalue weighted by Gasteiger charge is 2.22. The van der Waals surface area contributed by atoms with Crippen molar-refractivity contribution in [3.05, 3.63) is 64.0 Å². The molecule has 3 aromatic rings. The molecule has 0 amide bonds. The van der Waals surface area contributed by atoms with E-state index >= 15 is 0 Å². The molecule has 1 saturated heterocycles. The van der Waals surface area contributed by atoms with Crippen molar-refractivity contribution in [1.29, 1.82) is 0 Å². The first-order chi connectivity index (χ1) is 15.0. The lowest BCUT2D eigenvalue weighted by atomic mass is 10.2. The van der Waals surface area contributed by atoms with E-state index in [1.807, 2.05) is 4.57 Å². The van der Waals surface area contributed by atoms with Crippen molar-refractivity contribution in [2.45, 2.75) is 36.4 Å². The molecule has 0 spiro atoms. The first-order valence-corrected chi connectivity index (χ1v) is 10.8. The Bertz CT molecular complexity index is 1070.